The number of benzene rings is 1. The molecule has 0 aliphatic carbocycles. The number of rotatable bonds is 6. The predicted molar refractivity (Wildman–Crippen MR) is 141 cm³/mol. The summed E-state index contributed by atoms with van der Waals surface area (Å²) in [6, 6.07) is 10.4. The van der Waals surface area contributed by atoms with Gasteiger partial charge in [-0.15, -0.1) is 0 Å². The Kier molecular flexibility index (Phi) is 7.60. The zero-order valence-corrected chi connectivity index (χ0v) is 21.5. The fourth-order valence-electron chi connectivity index (χ4n) is 5.43. The Morgan fingerprint density at radius 1 is 1.09 bits per heavy atom. The summed E-state index contributed by atoms with van der Waals surface area (Å²) in [7, 11) is 0. The molecule has 35 heavy (non-hydrogen) atoms. The van der Waals surface area contributed by atoms with Gasteiger partial charge in [-0.3, -0.25) is 9.80 Å². The van der Waals surface area contributed by atoms with E-state index in [2.05, 4.69) is 31.6 Å². The lowest BCUT2D eigenvalue weighted by Crippen LogP contribution is -2.58. The molecule has 0 spiro atoms. The van der Waals surface area contributed by atoms with Gasteiger partial charge < -0.3 is 15.0 Å². The average Bonchev–Trinajstić information content (AvgIpc) is 3.44. The van der Waals surface area contributed by atoms with Crippen molar-refractivity contribution in [2.45, 2.75) is 44.5 Å². The highest BCUT2D eigenvalue weighted by atomic mass is 35.5. The molecule has 5 rings (SSSR count). The molecular weight excluding hydrogens is 483 g/mol. The van der Waals surface area contributed by atoms with Crippen molar-refractivity contribution < 1.29 is 5.11 Å². The predicted octanol–water partition coefficient (Wildman–Crippen LogP) is 4.83. The molecule has 0 amide bonds. The Labute approximate surface area is 216 Å². The van der Waals surface area contributed by atoms with Gasteiger partial charge in [-0.2, -0.15) is 0 Å². The van der Waals surface area contributed by atoms with E-state index in [1.807, 2.05) is 36.5 Å². The molecule has 2 aliphatic heterocycles. The zero-order valence-electron chi connectivity index (χ0n) is 19.9. The fourth-order valence-corrected chi connectivity index (χ4v) is 5.84. The molecule has 4 heterocycles. The van der Waals surface area contributed by atoms with E-state index < -0.39 is 6.23 Å². The third kappa shape index (κ3) is 5.34. The standard InChI is InChI=1S/C26H32Cl2N6O/c1-2-21-17-33(25-23(28)15-19(16-31-25)24-29-9-10-30-24)13-14-34(21)22-7-11-32(12-8-22)26(35)18-3-5-20(27)6-4-18/h3-6,9-10,15-16,21-22,26,35H,2,7-8,11-14,17H2,1H3,(H,29,30)/t21-,26?/m0/s1. The minimum atomic E-state index is -0.579. The molecule has 0 bridgehead atoms. The first kappa shape index (κ1) is 24.5. The van der Waals surface area contributed by atoms with Gasteiger partial charge in [0.25, 0.3) is 0 Å². The number of halogens is 2. The Balaban J connectivity index is 1.20. The monoisotopic (exact) mass is 514 g/mol. The van der Waals surface area contributed by atoms with Gasteiger partial charge in [0.1, 0.15) is 17.9 Å². The van der Waals surface area contributed by atoms with Crippen LogP contribution in [0.1, 0.15) is 38.0 Å². The van der Waals surface area contributed by atoms with Crippen LogP contribution < -0.4 is 4.90 Å². The zero-order chi connectivity index (χ0) is 24.4. The molecule has 1 unspecified atom stereocenters. The summed E-state index contributed by atoms with van der Waals surface area (Å²) in [5.74, 6) is 1.62. The van der Waals surface area contributed by atoms with E-state index in [0.29, 0.717) is 22.1 Å². The molecule has 0 saturated carbocycles. The third-order valence-corrected chi connectivity index (χ3v) is 7.90. The van der Waals surface area contributed by atoms with Gasteiger partial charge in [0.15, 0.2) is 0 Å². The fraction of sp³-hybridized carbons (Fsp3) is 0.462. The van der Waals surface area contributed by atoms with Crippen molar-refractivity contribution in [3.8, 4) is 11.4 Å². The first-order valence-electron chi connectivity index (χ1n) is 12.4. The molecule has 9 heteroatoms. The minimum absolute atomic E-state index is 0.448. The SMILES string of the molecule is CC[C@H]1CN(c2ncc(-c3ncc[nH]3)cc2Cl)CCN1C1CCN(C(O)c2ccc(Cl)cc2)CC1. The van der Waals surface area contributed by atoms with E-state index in [0.717, 1.165) is 74.8 Å². The number of aliphatic hydroxyl groups is 1. The van der Waals surface area contributed by atoms with Crippen LogP contribution in [-0.4, -0.2) is 74.7 Å². The van der Waals surface area contributed by atoms with E-state index in [1.54, 1.807) is 12.4 Å². The number of hydrogen-bond donors (Lipinski definition) is 2. The minimum Gasteiger partial charge on any atom is -0.374 e. The number of aromatic nitrogens is 3. The van der Waals surface area contributed by atoms with Gasteiger partial charge >= 0.3 is 0 Å². The average molecular weight is 515 g/mol. The number of nitrogens with zero attached hydrogens (tertiary/aromatic N) is 5. The van der Waals surface area contributed by atoms with Crippen LogP contribution in [0.4, 0.5) is 5.82 Å². The van der Waals surface area contributed by atoms with E-state index in [1.165, 1.54) is 0 Å². The summed E-state index contributed by atoms with van der Waals surface area (Å²) in [4.78, 5) is 19.3. The summed E-state index contributed by atoms with van der Waals surface area (Å²) >= 11 is 12.7. The quantitative estimate of drug-likeness (QED) is 0.490. The number of hydrogen-bond acceptors (Lipinski definition) is 6. The molecular formula is C26H32Cl2N6O. The summed E-state index contributed by atoms with van der Waals surface area (Å²) < 4.78 is 0. The van der Waals surface area contributed by atoms with Gasteiger partial charge in [-0.1, -0.05) is 42.3 Å². The molecule has 2 atom stereocenters. The van der Waals surface area contributed by atoms with Crippen LogP contribution in [0.3, 0.4) is 0 Å². The van der Waals surface area contributed by atoms with Gasteiger partial charge in [-0.05, 0) is 43.0 Å². The van der Waals surface area contributed by atoms with E-state index in [9.17, 15) is 5.11 Å². The molecule has 1 aromatic carbocycles. The lowest BCUT2D eigenvalue weighted by molar-refractivity contribution is -0.0328. The number of piperazine rings is 1. The molecule has 2 N–H and O–H groups in total. The van der Waals surface area contributed by atoms with Crippen molar-refractivity contribution in [2.24, 2.45) is 0 Å². The van der Waals surface area contributed by atoms with E-state index in [4.69, 9.17) is 28.2 Å². The third-order valence-electron chi connectivity index (χ3n) is 7.37. The van der Waals surface area contributed by atoms with Crippen LogP contribution in [0.15, 0.2) is 48.9 Å². The maximum Gasteiger partial charge on any atom is 0.147 e. The van der Waals surface area contributed by atoms with Crippen molar-refractivity contribution in [3.63, 3.8) is 0 Å². The molecule has 7 nitrogen and oxygen atoms in total. The van der Waals surface area contributed by atoms with E-state index in [-0.39, 0.29) is 0 Å². The second kappa shape index (κ2) is 10.8. The highest BCUT2D eigenvalue weighted by molar-refractivity contribution is 6.33. The Morgan fingerprint density at radius 2 is 1.86 bits per heavy atom. The maximum atomic E-state index is 10.8. The van der Waals surface area contributed by atoms with Crippen LogP contribution in [0, 0.1) is 0 Å². The first-order valence-corrected chi connectivity index (χ1v) is 13.1. The molecule has 186 valence electrons. The molecule has 2 saturated heterocycles. The van der Waals surface area contributed by atoms with Crippen LogP contribution in [0.2, 0.25) is 10.0 Å². The number of imidazole rings is 1. The maximum absolute atomic E-state index is 10.8. The van der Waals surface area contributed by atoms with Crippen molar-refractivity contribution in [2.75, 3.05) is 37.6 Å². The van der Waals surface area contributed by atoms with Crippen molar-refractivity contribution in [1.29, 1.82) is 0 Å². The molecule has 0 radical (unpaired) electrons. The first-order chi connectivity index (χ1) is 17.0. The van der Waals surface area contributed by atoms with Crippen LogP contribution in [0.25, 0.3) is 11.4 Å². The number of aromatic amines is 1. The van der Waals surface area contributed by atoms with Gasteiger partial charge in [0, 0.05) is 74.0 Å². The summed E-state index contributed by atoms with van der Waals surface area (Å²) in [6.45, 7) is 6.82. The second-order valence-corrected chi connectivity index (χ2v) is 10.2. The highest BCUT2D eigenvalue weighted by Crippen LogP contribution is 2.32. The van der Waals surface area contributed by atoms with Crippen molar-refractivity contribution in [1.82, 2.24) is 24.8 Å². The Hall–Kier alpha value is -2.16. The molecule has 2 fully saturated rings. The van der Waals surface area contributed by atoms with Gasteiger partial charge in [0.2, 0.25) is 0 Å². The molecule has 3 aromatic rings. The number of piperidine rings is 1. The number of H-pyrrole nitrogens is 1. The summed E-state index contributed by atoms with van der Waals surface area (Å²) in [6.07, 6.45) is 7.97. The van der Waals surface area contributed by atoms with E-state index >= 15 is 0 Å². The highest BCUT2D eigenvalue weighted by Gasteiger charge is 2.35. The summed E-state index contributed by atoms with van der Waals surface area (Å²) in [5, 5.41) is 12.2. The number of pyridine rings is 1. The number of likely N-dealkylation sites (tertiary alicyclic amines) is 1. The van der Waals surface area contributed by atoms with Crippen molar-refractivity contribution >= 4 is 29.0 Å². The lowest BCUT2D eigenvalue weighted by Gasteiger charge is -2.48. The number of anilines is 1. The van der Waals surface area contributed by atoms with Gasteiger partial charge in [0.05, 0.1) is 5.02 Å². The topological polar surface area (TPSA) is 71.5 Å². The van der Waals surface area contributed by atoms with Crippen LogP contribution >= 0.6 is 23.2 Å². The number of nitrogens with one attached hydrogen (secondary N) is 1. The van der Waals surface area contributed by atoms with Crippen LogP contribution in [0.5, 0.6) is 0 Å². The lowest BCUT2D eigenvalue weighted by atomic mass is 9.97. The van der Waals surface area contributed by atoms with Crippen molar-refractivity contribution in [3.05, 3.63) is 64.5 Å². The molecule has 2 aliphatic rings. The molecule has 2 aromatic heterocycles. The normalized spacial score (nSPS) is 21.4. The smallest absolute Gasteiger partial charge is 0.147 e. The summed E-state index contributed by atoms with van der Waals surface area (Å²) in [5.41, 5.74) is 1.79. The second-order valence-electron chi connectivity index (χ2n) is 9.41. The largest absolute Gasteiger partial charge is 0.374 e. The van der Waals surface area contributed by atoms with Gasteiger partial charge in [-0.25, -0.2) is 9.97 Å². The Bertz CT molecular complexity index is 1100. The van der Waals surface area contributed by atoms with Crippen LogP contribution in [-0.2, 0) is 0 Å². The number of aliphatic hydroxyl groups excluding tert-OH is 1. The Morgan fingerprint density at radius 3 is 2.51 bits per heavy atom.